The number of fused-ring (bicyclic) bond motifs is 4. The van der Waals surface area contributed by atoms with Crippen LogP contribution >= 0.6 is 22.7 Å². The van der Waals surface area contributed by atoms with E-state index in [2.05, 4.69) is 77.1 Å². The van der Waals surface area contributed by atoms with E-state index in [1.54, 1.807) is 11.3 Å². The largest absolute Gasteiger partial charge is 0.512 e. The zero-order chi connectivity index (χ0) is 32.2. The Morgan fingerprint density at radius 3 is 2.16 bits per heavy atom. The monoisotopic (exact) mass is 819 g/mol. The van der Waals surface area contributed by atoms with Crippen molar-refractivity contribution < 1.29 is 30.0 Å². The Morgan fingerprint density at radius 1 is 0.911 bits per heavy atom. The van der Waals surface area contributed by atoms with Gasteiger partial charge in [-0.15, -0.1) is 11.3 Å². The van der Waals surface area contributed by atoms with Gasteiger partial charge in [0.2, 0.25) is 0 Å². The molecule has 0 aliphatic heterocycles. The van der Waals surface area contributed by atoms with Gasteiger partial charge in [-0.2, -0.15) is 11.6 Å². The fourth-order valence-corrected chi connectivity index (χ4v) is 8.03. The molecule has 0 atom stereocenters. The maximum absolute atomic E-state index is 11.7. The zero-order valence-electron chi connectivity index (χ0n) is 28.3. The minimum Gasteiger partial charge on any atom is -0.512 e. The number of hydrogen-bond donors (Lipinski definition) is 1. The average molecular weight is 819 g/mol. The van der Waals surface area contributed by atoms with Gasteiger partial charge in [0.25, 0.3) is 0 Å². The summed E-state index contributed by atoms with van der Waals surface area (Å²) in [5.74, 6) is 0.547. The number of hydrogen-bond acceptors (Lipinski definition) is 5. The van der Waals surface area contributed by atoms with Gasteiger partial charge >= 0.3 is 0 Å². The first kappa shape index (κ1) is 37.1. The van der Waals surface area contributed by atoms with E-state index in [1.165, 1.54) is 53.0 Å². The van der Waals surface area contributed by atoms with Crippen molar-refractivity contribution in [2.45, 2.75) is 94.4 Å². The van der Waals surface area contributed by atoms with E-state index in [4.69, 9.17) is 4.98 Å². The van der Waals surface area contributed by atoms with Crippen LogP contribution < -0.4 is 0 Å². The second-order valence-electron chi connectivity index (χ2n) is 13.1. The van der Waals surface area contributed by atoms with Gasteiger partial charge in [-0.25, -0.2) is 11.3 Å². The van der Waals surface area contributed by atoms with Crippen LogP contribution in [0.15, 0.2) is 54.4 Å². The van der Waals surface area contributed by atoms with E-state index < -0.39 is 0 Å². The van der Waals surface area contributed by atoms with E-state index in [9.17, 15) is 9.90 Å². The molecule has 2 aromatic carbocycles. The summed E-state index contributed by atoms with van der Waals surface area (Å²) < 4.78 is 2.60. The van der Waals surface area contributed by atoms with E-state index in [-0.39, 0.29) is 43.5 Å². The Bertz CT molecular complexity index is 1760. The standard InChI is InChI=1S/C26H24NS2.C13H24O2.Ir/c1-15-10-23(28-16(15)2)24-25-20(8-9-27-24)21-12-18-7-6-17(14-26(3,4)5)11-19(18)13-22(21)29-25;1-5-10(6-2)12(14)9-13(15)11(7-3)8-4;/h6-9,11-13H,14H2,1-5H3;9-11,14H,5-8H2,1-4H3;/q-1;;/b;12-9-;. The molecule has 0 bridgehead atoms. The van der Waals surface area contributed by atoms with Crippen LogP contribution in [0.25, 0.3) is 41.5 Å². The van der Waals surface area contributed by atoms with Gasteiger partial charge in [0.15, 0.2) is 5.78 Å². The molecule has 0 fully saturated rings. The quantitative estimate of drug-likeness (QED) is 0.0916. The van der Waals surface area contributed by atoms with Gasteiger partial charge in [0.1, 0.15) is 0 Å². The number of carbonyl (C=O) groups is 1. The van der Waals surface area contributed by atoms with E-state index in [0.29, 0.717) is 5.41 Å². The maximum atomic E-state index is 11.7. The summed E-state index contributed by atoms with van der Waals surface area (Å²) >= 11 is 3.65. The number of aryl methyl sites for hydroxylation is 2. The molecule has 0 aliphatic rings. The van der Waals surface area contributed by atoms with E-state index in [0.717, 1.165) is 42.7 Å². The fourth-order valence-electron chi connectivity index (χ4n) is 5.78. The molecule has 0 amide bonds. The first-order valence-electron chi connectivity index (χ1n) is 16.1. The number of aliphatic hydroxyl groups excluding tert-OH is 1. The number of pyridine rings is 1. The van der Waals surface area contributed by atoms with Crippen LogP contribution in [0.5, 0.6) is 0 Å². The van der Waals surface area contributed by atoms with Gasteiger partial charge < -0.3 is 10.1 Å². The van der Waals surface area contributed by atoms with Crippen molar-refractivity contribution in [1.82, 2.24) is 4.98 Å². The van der Waals surface area contributed by atoms with Crippen molar-refractivity contribution in [3.05, 3.63) is 76.5 Å². The molecule has 0 spiro atoms. The van der Waals surface area contributed by atoms with Crippen LogP contribution in [0.4, 0.5) is 0 Å². The number of carbonyl (C=O) groups excluding carboxylic acids is 1. The Hall–Kier alpha value is -2.37. The van der Waals surface area contributed by atoms with Crippen molar-refractivity contribution >= 4 is 59.4 Å². The number of aliphatic hydroxyl groups is 1. The molecular weight excluding hydrogens is 771 g/mol. The molecule has 3 aromatic heterocycles. The summed E-state index contributed by atoms with van der Waals surface area (Å²) in [4.78, 5) is 18.9. The Labute approximate surface area is 291 Å². The molecule has 0 saturated carbocycles. The fraction of sp³-hybridized carbons (Fsp3) is 0.436. The minimum atomic E-state index is 0. The van der Waals surface area contributed by atoms with Crippen LogP contribution in [0, 0.1) is 37.2 Å². The third kappa shape index (κ3) is 8.92. The number of ketones is 1. The van der Waals surface area contributed by atoms with E-state index >= 15 is 0 Å². The van der Waals surface area contributed by atoms with Crippen LogP contribution in [0.3, 0.4) is 0 Å². The summed E-state index contributed by atoms with van der Waals surface area (Å²) in [6, 6.07) is 17.3. The smallest absolute Gasteiger partial charge is 0.162 e. The summed E-state index contributed by atoms with van der Waals surface area (Å²) in [7, 11) is 0. The molecule has 6 heteroatoms. The van der Waals surface area contributed by atoms with Crippen molar-refractivity contribution in [3.8, 4) is 10.6 Å². The van der Waals surface area contributed by atoms with Crippen LogP contribution in [0.1, 0.15) is 90.2 Å². The summed E-state index contributed by atoms with van der Waals surface area (Å²) in [5, 5.41) is 15.0. The minimum absolute atomic E-state index is 0. The molecule has 243 valence electrons. The number of benzene rings is 2. The number of rotatable bonds is 9. The molecule has 5 aromatic rings. The summed E-state index contributed by atoms with van der Waals surface area (Å²) in [6.07, 6.45) is 7.94. The van der Waals surface area contributed by atoms with Gasteiger partial charge in [0.05, 0.1) is 5.76 Å². The molecule has 0 aliphatic carbocycles. The molecule has 0 saturated heterocycles. The molecule has 3 nitrogen and oxygen atoms in total. The van der Waals surface area contributed by atoms with Crippen LogP contribution in [-0.2, 0) is 31.3 Å². The second kappa shape index (κ2) is 16.0. The SMILES string of the molecule is CCC(CC)C(=O)/C=C(\O)C(CC)CC.Cc1[c-]c(-c2nccc3c2sc2cc4cc(CC(C)(C)C)ccc4cc23)sc1C.[Ir]. The average Bonchev–Trinajstić information content (AvgIpc) is 3.50. The molecule has 0 unspecified atom stereocenters. The van der Waals surface area contributed by atoms with Gasteiger partial charge in [0, 0.05) is 53.6 Å². The molecule has 45 heavy (non-hydrogen) atoms. The van der Waals surface area contributed by atoms with Crippen LogP contribution in [0.2, 0.25) is 0 Å². The number of nitrogens with zero attached hydrogens (tertiary/aromatic N) is 1. The first-order chi connectivity index (χ1) is 20.9. The molecule has 1 radical (unpaired) electrons. The topological polar surface area (TPSA) is 50.2 Å². The zero-order valence-corrected chi connectivity index (χ0v) is 32.3. The number of allylic oxidation sites excluding steroid dienone is 2. The predicted molar refractivity (Wildman–Crippen MR) is 193 cm³/mol. The molecular formula is C39H48IrNO2S2-. The van der Waals surface area contributed by atoms with E-state index in [1.807, 2.05) is 45.2 Å². The second-order valence-corrected chi connectivity index (χ2v) is 15.4. The van der Waals surface area contributed by atoms with Crippen molar-refractivity contribution in [2.24, 2.45) is 17.3 Å². The van der Waals surface area contributed by atoms with Gasteiger partial charge in [-0.05, 0) is 88.5 Å². The molecule has 5 rings (SSSR count). The third-order valence-corrected chi connectivity index (χ3v) is 10.8. The Kier molecular flexibility index (Phi) is 13.2. The van der Waals surface area contributed by atoms with Crippen molar-refractivity contribution in [3.63, 3.8) is 0 Å². The summed E-state index contributed by atoms with van der Waals surface area (Å²) in [6.45, 7) is 19.3. The summed E-state index contributed by atoms with van der Waals surface area (Å²) in [5.41, 5.74) is 4.00. The normalized spacial score (nSPS) is 12.2. The predicted octanol–water partition coefficient (Wildman–Crippen LogP) is 12.2. The number of thiophene rings is 2. The first-order valence-corrected chi connectivity index (χ1v) is 17.7. The number of aromatic nitrogens is 1. The molecule has 3 heterocycles. The van der Waals surface area contributed by atoms with Crippen molar-refractivity contribution in [2.75, 3.05) is 0 Å². The Morgan fingerprint density at radius 2 is 1.58 bits per heavy atom. The molecule has 1 N–H and O–H groups in total. The van der Waals surface area contributed by atoms with Crippen LogP contribution in [-0.4, -0.2) is 15.9 Å². The third-order valence-electron chi connectivity index (χ3n) is 8.53. The maximum Gasteiger partial charge on any atom is 0.162 e. The van der Waals surface area contributed by atoms with Gasteiger partial charge in [-0.3, -0.25) is 4.79 Å². The van der Waals surface area contributed by atoms with Gasteiger partial charge in [-0.1, -0.05) is 90.3 Å². The Balaban J connectivity index is 0.000000297. The van der Waals surface area contributed by atoms with Crippen molar-refractivity contribution in [1.29, 1.82) is 0 Å².